The van der Waals surface area contributed by atoms with Gasteiger partial charge in [0.2, 0.25) is 0 Å². The van der Waals surface area contributed by atoms with Crippen LogP contribution in [0.1, 0.15) is 34.8 Å². The lowest BCUT2D eigenvalue weighted by molar-refractivity contribution is 0.0934. The van der Waals surface area contributed by atoms with Gasteiger partial charge in [-0.25, -0.2) is 4.98 Å². The number of aromatic nitrogens is 1. The van der Waals surface area contributed by atoms with Crippen LogP contribution >= 0.6 is 43.2 Å². The number of hydrogen-bond acceptors (Lipinski definition) is 3. The zero-order valence-corrected chi connectivity index (χ0v) is 14.2. The van der Waals surface area contributed by atoms with E-state index in [1.807, 2.05) is 24.4 Å². The van der Waals surface area contributed by atoms with E-state index in [1.165, 1.54) is 0 Å². The SMILES string of the molecule is CCC(NC(=O)c1ccc(Br)cc1Br)c1nccs1. The van der Waals surface area contributed by atoms with Crippen molar-refractivity contribution in [2.24, 2.45) is 0 Å². The second-order valence-electron chi connectivity index (χ2n) is 3.93. The largest absolute Gasteiger partial charge is 0.343 e. The van der Waals surface area contributed by atoms with Crippen molar-refractivity contribution >= 4 is 49.1 Å². The van der Waals surface area contributed by atoms with E-state index in [9.17, 15) is 4.79 Å². The molecule has 0 aliphatic heterocycles. The van der Waals surface area contributed by atoms with Crippen LogP contribution in [0.15, 0.2) is 38.7 Å². The van der Waals surface area contributed by atoms with Gasteiger partial charge < -0.3 is 5.32 Å². The average molecular weight is 404 g/mol. The van der Waals surface area contributed by atoms with Crippen LogP contribution < -0.4 is 5.32 Å². The second-order valence-corrected chi connectivity index (χ2v) is 6.62. The molecular formula is C13H12Br2N2OS. The van der Waals surface area contributed by atoms with Gasteiger partial charge >= 0.3 is 0 Å². The van der Waals surface area contributed by atoms with Gasteiger partial charge in [0.1, 0.15) is 5.01 Å². The summed E-state index contributed by atoms with van der Waals surface area (Å²) < 4.78 is 1.70. The molecule has 0 fully saturated rings. The standard InChI is InChI=1S/C13H12Br2N2OS/c1-2-11(13-16-5-6-19-13)17-12(18)9-4-3-8(14)7-10(9)15/h3-7,11H,2H2,1H3,(H,17,18). The molecule has 3 nitrogen and oxygen atoms in total. The Morgan fingerprint density at radius 3 is 2.84 bits per heavy atom. The van der Waals surface area contributed by atoms with Crippen LogP contribution in [0.5, 0.6) is 0 Å². The number of carbonyl (C=O) groups is 1. The summed E-state index contributed by atoms with van der Waals surface area (Å²) in [7, 11) is 0. The molecule has 1 atom stereocenters. The van der Waals surface area contributed by atoms with E-state index in [2.05, 4.69) is 42.2 Å². The third-order valence-corrected chi connectivity index (χ3v) is 4.68. The van der Waals surface area contributed by atoms with Crippen LogP contribution in [0.3, 0.4) is 0 Å². The Kier molecular flexibility index (Phi) is 5.13. The Morgan fingerprint density at radius 2 is 2.26 bits per heavy atom. The maximum atomic E-state index is 12.3. The van der Waals surface area contributed by atoms with Crippen LogP contribution in [-0.4, -0.2) is 10.9 Å². The Morgan fingerprint density at radius 1 is 1.47 bits per heavy atom. The van der Waals surface area contributed by atoms with E-state index >= 15 is 0 Å². The molecule has 0 saturated heterocycles. The molecule has 0 aliphatic rings. The first-order valence-corrected chi connectivity index (χ1v) is 8.23. The lowest BCUT2D eigenvalue weighted by atomic mass is 10.2. The quantitative estimate of drug-likeness (QED) is 0.813. The summed E-state index contributed by atoms with van der Waals surface area (Å²) >= 11 is 8.33. The lowest BCUT2D eigenvalue weighted by Crippen LogP contribution is -2.28. The summed E-state index contributed by atoms with van der Waals surface area (Å²) in [6.45, 7) is 2.03. The number of halogens is 2. The molecule has 1 aromatic carbocycles. The van der Waals surface area contributed by atoms with E-state index in [0.717, 1.165) is 20.4 Å². The average Bonchev–Trinajstić information content (AvgIpc) is 2.89. The van der Waals surface area contributed by atoms with E-state index in [4.69, 9.17) is 0 Å². The molecule has 1 heterocycles. The van der Waals surface area contributed by atoms with E-state index in [0.29, 0.717) is 5.56 Å². The summed E-state index contributed by atoms with van der Waals surface area (Å²) in [5, 5.41) is 5.86. The Balaban J connectivity index is 2.16. The summed E-state index contributed by atoms with van der Waals surface area (Å²) in [5.74, 6) is -0.0959. The van der Waals surface area contributed by atoms with Crippen molar-refractivity contribution in [3.63, 3.8) is 0 Å². The smallest absolute Gasteiger partial charge is 0.252 e. The highest BCUT2D eigenvalue weighted by Crippen LogP contribution is 2.24. The summed E-state index contributed by atoms with van der Waals surface area (Å²) in [6.07, 6.45) is 2.57. The number of carbonyl (C=O) groups excluding carboxylic acids is 1. The van der Waals surface area contributed by atoms with Crippen molar-refractivity contribution in [1.82, 2.24) is 10.3 Å². The highest BCUT2D eigenvalue weighted by Gasteiger charge is 2.17. The molecule has 1 amide bonds. The maximum absolute atomic E-state index is 12.3. The van der Waals surface area contributed by atoms with Gasteiger partial charge in [-0.15, -0.1) is 11.3 Å². The Labute approximate surface area is 132 Å². The van der Waals surface area contributed by atoms with Gasteiger partial charge in [-0.05, 0) is 40.5 Å². The fraction of sp³-hybridized carbons (Fsp3) is 0.231. The summed E-state index contributed by atoms with van der Waals surface area (Å²) in [5.41, 5.74) is 0.623. The molecule has 0 saturated carbocycles. The van der Waals surface area contributed by atoms with Gasteiger partial charge in [-0.1, -0.05) is 22.9 Å². The normalized spacial score (nSPS) is 12.2. The van der Waals surface area contributed by atoms with Gasteiger partial charge in [0.25, 0.3) is 5.91 Å². The molecule has 2 rings (SSSR count). The zero-order chi connectivity index (χ0) is 13.8. The molecule has 6 heteroatoms. The van der Waals surface area contributed by atoms with E-state index in [1.54, 1.807) is 23.6 Å². The van der Waals surface area contributed by atoms with Gasteiger partial charge in [0.05, 0.1) is 11.6 Å². The Bertz CT molecular complexity index is 572. The van der Waals surface area contributed by atoms with Crippen molar-refractivity contribution < 1.29 is 4.79 Å². The van der Waals surface area contributed by atoms with Crippen molar-refractivity contribution in [3.8, 4) is 0 Å². The molecule has 0 aliphatic carbocycles. The number of benzene rings is 1. The minimum Gasteiger partial charge on any atom is -0.343 e. The Hall–Kier alpha value is -0.720. The van der Waals surface area contributed by atoms with Gasteiger partial charge in [0.15, 0.2) is 0 Å². The predicted molar refractivity (Wildman–Crippen MR) is 84.5 cm³/mol. The zero-order valence-electron chi connectivity index (χ0n) is 10.2. The van der Waals surface area contributed by atoms with Crippen molar-refractivity contribution in [3.05, 3.63) is 49.3 Å². The molecular weight excluding hydrogens is 392 g/mol. The molecule has 0 spiro atoms. The first kappa shape index (κ1) is 14.7. The molecule has 2 aromatic rings. The third kappa shape index (κ3) is 3.64. The molecule has 0 radical (unpaired) electrons. The summed E-state index contributed by atoms with van der Waals surface area (Å²) in [4.78, 5) is 16.5. The topological polar surface area (TPSA) is 42.0 Å². The highest BCUT2D eigenvalue weighted by molar-refractivity contribution is 9.11. The molecule has 19 heavy (non-hydrogen) atoms. The van der Waals surface area contributed by atoms with Gasteiger partial charge in [-0.3, -0.25) is 4.79 Å². The highest BCUT2D eigenvalue weighted by atomic mass is 79.9. The van der Waals surface area contributed by atoms with E-state index < -0.39 is 0 Å². The second kappa shape index (κ2) is 6.63. The molecule has 100 valence electrons. The minimum absolute atomic E-state index is 0.0388. The number of hydrogen-bond donors (Lipinski definition) is 1. The fourth-order valence-corrected chi connectivity index (χ4v) is 3.65. The van der Waals surface area contributed by atoms with Crippen LogP contribution in [0.4, 0.5) is 0 Å². The molecule has 0 bridgehead atoms. The maximum Gasteiger partial charge on any atom is 0.252 e. The van der Waals surface area contributed by atoms with Crippen LogP contribution in [0, 0.1) is 0 Å². The van der Waals surface area contributed by atoms with Gasteiger partial charge in [-0.2, -0.15) is 0 Å². The molecule has 1 unspecified atom stereocenters. The summed E-state index contributed by atoms with van der Waals surface area (Å²) in [6, 6.07) is 5.46. The van der Waals surface area contributed by atoms with Crippen LogP contribution in [0.2, 0.25) is 0 Å². The van der Waals surface area contributed by atoms with E-state index in [-0.39, 0.29) is 11.9 Å². The van der Waals surface area contributed by atoms with Crippen molar-refractivity contribution in [2.75, 3.05) is 0 Å². The number of rotatable bonds is 4. The van der Waals surface area contributed by atoms with Gasteiger partial charge in [0, 0.05) is 20.5 Å². The number of thiazole rings is 1. The lowest BCUT2D eigenvalue weighted by Gasteiger charge is -2.15. The fourth-order valence-electron chi connectivity index (χ4n) is 1.65. The monoisotopic (exact) mass is 402 g/mol. The molecule has 1 aromatic heterocycles. The predicted octanol–water partition coefficient (Wildman–Crippen LogP) is 4.55. The first-order chi connectivity index (χ1) is 9.11. The minimum atomic E-state index is -0.0959. The molecule has 1 N–H and O–H groups in total. The number of nitrogens with zero attached hydrogens (tertiary/aromatic N) is 1. The third-order valence-electron chi connectivity index (χ3n) is 2.64. The number of amides is 1. The van der Waals surface area contributed by atoms with Crippen LogP contribution in [-0.2, 0) is 0 Å². The van der Waals surface area contributed by atoms with Crippen LogP contribution in [0.25, 0.3) is 0 Å². The van der Waals surface area contributed by atoms with Crippen molar-refractivity contribution in [1.29, 1.82) is 0 Å². The van der Waals surface area contributed by atoms with Crippen molar-refractivity contribution in [2.45, 2.75) is 19.4 Å². The number of nitrogens with one attached hydrogen (secondary N) is 1. The first-order valence-electron chi connectivity index (χ1n) is 5.77.